The number of hydrogen-bond donors (Lipinski definition) is 0. The van der Waals surface area contributed by atoms with Gasteiger partial charge in [0, 0.05) is 3.57 Å². The molecular formula is C23H16FIN2O. The Morgan fingerprint density at radius 1 is 1.00 bits per heavy atom. The minimum atomic E-state index is -0.285. The Bertz CT molecular complexity index is 1260. The van der Waals surface area contributed by atoms with E-state index in [9.17, 15) is 9.18 Å². The molecule has 0 radical (unpaired) electrons. The van der Waals surface area contributed by atoms with E-state index in [0.717, 1.165) is 20.4 Å². The van der Waals surface area contributed by atoms with Crippen LogP contribution in [0.2, 0.25) is 0 Å². The van der Waals surface area contributed by atoms with Crippen LogP contribution in [-0.2, 0) is 0 Å². The molecule has 1 heterocycles. The van der Waals surface area contributed by atoms with Crippen LogP contribution in [0.3, 0.4) is 0 Å². The third-order valence-corrected chi connectivity index (χ3v) is 5.17. The van der Waals surface area contributed by atoms with Crippen LogP contribution in [0.4, 0.5) is 4.39 Å². The third kappa shape index (κ3) is 3.62. The summed E-state index contributed by atoms with van der Waals surface area (Å²) in [6, 6.07) is 19.4. The van der Waals surface area contributed by atoms with Gasteiger partial charge in [0.05, 0.1) is 16.6 Å². The van der Waals surface area contributed by atoms with Crippen molar-refractivity contribution < 1.29 is 4.39 Å². The average molecular weight is 482 g/mol. The van der Waals surface area contributed by atoms with E-state index in [4.69, 9.17) is 4.98 Å². The summed E-state index contributed by atoms with van der Waals surface area (Å²) in [4.78, 5) is 18.0. The van der Waals surface area contributed by atoms with Crippen molar-refractivity contribution in [2.45, 2.75) is 6.92 Å². The lowest BCUT2D eigenvalue weighted by Gasteiger charge is -2.14. The first kappa shape index (κ1) is 18.6. The highest BCUT2D eigenvalue weighted by Gasteiger charge is 2.12. The Morgan fingerprint density at radius 2 is 1.75 bits per heavy atom. The van der Waals surface area contributed by atoms with Crippen LogP contribution >= 0.6 is 22.6 Å². The van der Waals surface area contributed by atoms with Crippen LogP contribution in [0.5, 0.6) is 0 Å². The van der Waals surface area contributed by atoms with Crippen molar-refractivity contribution in [3.63, 3.8) is 0 Å². The summed E-state index contributed by atoms with van der Waals surface area (Å²) in [5, 5.41) is 0.569. The van der Waals surface area contributed by atoms with E-state index < -0.39 is 0 Å². The number of fused-ring (bicyclic) bond motifs is 1. The molecule has 4 rings (SSSR count). The van der Waals surface area contributed by atoms with Crippen LogP contribution in [0, 0.1) is 16.3 Å². The summed E-state index contributed by atoms with van der Waals surface area (Å²) in [6.45, 7) is 1.98. The maximum Gasteiger partial charge on any atom is 0.266 e. The molecule has 0 bridgehead atoms. The van der Waals surface area contributed by atoms with Gasteiger partial charge in [0.25, 0.3) is 5.56 Å². The lowest BCUT2D eigenvalue weighted by molar-refractivity contribution is 0.628. The molecule has 3 aromatic carbocycles. The molecule has 4 aromatic rings. The van der Waals surface area contributed by atoms with Gasteiger partial charge in [0.1, 0.15) is 11.6 Å². The van der Waals surface area contributed by atoms with Crippen molar-refractivity contribution in [2.75, 3.05) is 0 Å². The molecule has 0 saturated carbocycles. The normalized spacial score (nSPS) is 11.4. The summed E-state index contributed by atoms with van der Waals surface area (Å²) in [7, 11) is 0. The summed E-state index contributed by atoms with van der Waals surface area (Å²) in [5.74, 6) is 0.240. The van der Waals surface area contributed by atoms with Crippen LogP contribution in [-0.4, -0.2) is 9.55 Å². The summed E-state index contributed by atoms with van der Waals surface area (Å²) in [6.07, 6.45) is 3.62. The third-order valence-electron chi connectivity index (χ3n) is 4.50. The smallest absolute Gasteiger partial charge is 0.266 e. The Morgan fingerprint density at radius 3 is 2.50 bits per heavy atom. The monoisotopic (exact) mass is 482 g/mol. The van der Waals surface area contributed by atoms with Gasteiger partial charge in [-0.2, -0.15) is 0 Å². The molecule has 28 heavy (non-hydrogen) atoms. The standard InChI is InChI=1S/C23H16FIN2O/c1-15-14-18(25)11-12-21(15)27-22(13-8-16-6-9-17(24)10-7-16)26-20-5-3-2-4-19(20)23(27)28/h2-14H,1H3. The van der Waals surface area contributed by atoms with E-state index in [1.54, 1.807) is 28.8 Å². The van der Waals surface area contributed by atoms with Gasteiger partial charge in [-0.15, -0.1) is 0 Å². The number of benzene rings is 3. The molecule has 0 saturated heterocycles. The van der Waals surface area contributed by atoms with Gasteiger partial charge in [0.15, 0.2) is 0 Å². The molecule has 0 aliphatic rings. The van der Waals surface area contributed by atoms with Gasteiger partial charge in [0.2, 0.25) is 0 Å². The second kappa shape index (κ2) is 7.67. The van der Waals surface area contributed by atoms with Crippen LogP contribution in [0.1, 0.15) is 17.0 Å². The first-order chi connectivity index (χ1) is 13.5. The molecule has 0 amide bonds. The van der Waals surface area contributed by atoms with Crippen molar-refractivity contribution in [2.24, 2.45) is 0 Å². The van der Waals surface area contributed by atoms with Crippen molar-refractivity contribution in [3.8, 4) is 5.69 Å². The van der Waals surface area contributed by atoms with E-state index in [1.807, 2.05) is 49.4 Å². The highest BCUT2D eigenvalue weighted by Crippen LogP contribution is 2.20. The molecule has 0 fully saturated rings. The highest BCUT2D eigenvalue weighted by atomic mass is 127. The molecule has 1 aromatic heterocycles. The Hall–Kier alpha value is -2.80. The van der Waals surface area contributed by atoms with Crippen LogP contribution < -0.4 is 5.56 Å². The summed E-state index contributed by atoms with van der Waals surface area (Å²) >= 11 is 2.25. The Kier molecular flexibility index (Phi) is 5.09. The van der Waals surface area contributed by atoms with Gasteiger partial charge in [-0.05, 0) is 89.2 Å². The zero-order valence-electron chi connectivity index (χ0n) is 15.1. The molecule has 0 aliphatic heterocycles. The van der Waals surface area contributed by atoms with E-state index in [2.05, 4.69) is 22.6 Å². The molecule has 5 heteroatoms. The molecule has 0 unspecified atom stereocenters. The number of halogens is 2. The van der Waals surface area contributed by atoms with E-state index in [1.165, 1.54) is 12.1 Å². The molecule has 0 spiro atoms. The second-order valence-corrected chi connectivity index (χ2v) is 7.69. The fraction of sp³-hybridized carbons (Fsp3) is 0.0435. The maximum absolute atomic E-state index is 13.3. The Balaban J connectivity index is 1.95. The number of hydrogen-bond acceptors (Lipinski definition) is 2. The molecule has 0 aliphatic carbocycles. The Labute approximate surface area is 175 Å². The fourth-order valence-corrected chi connectivity index (χ4v) is 3.76. The quantitative estimate of drug-likeness (QED) is 0.356. The van der Waals surface area contributed by atoms with Crippen LogP contribution in [0.15, 0.2) is 71.5 Å². The summed E-state index contributed by atoms with van der Waals surface area (Å²) in [5.41, 5.74) is 3.14. The van der Waals surface area contributed by atoms with Crippen molar-refractivity contribution in [1.82, 2.24) is 9.55 Å². The van der Waals surface area contributed by atoms with Gasteiger partial charge >= 0.3 is 0 Å². The zero-order chi connectivity index (χ0) is 19.7. The maximum atomic E-state index is 13.3. The van der Waals surface area contributed by atoms with E-state index in [0.29, 0.717) is 16.7 Å². The minimum Gasteiger partial charge on any atom is -0.268 e. The molecule has 3 nitrogen and oxygen atoms in total. The SMILES string of the molecule is Cc1cc(I)ccc1-n1c(C=Cc2ccc(F)cc2)nc2ccccc2c1=O. The predicted molar refractivity (Wildman–Crippen MR) is 120 cm³/mol. The predicted octanol–water partition coefficient (Wildman–Crippen LogP) is 5.61. The van der Waals surface area contributed by atoms with Crippen molar-refractivity contribution >= 4 is 45.6 Å². The van der Waals surface area contributed by atoms with Gasteiger partial charge < -0.3 is 0 Å². The number of rotatable bonds is 3. The topological polar surface area (TPSA) is 34.9 Å². The molecule has 0 N–H and O–H groups in total. The lowest BCUT2D eigenvalue weighted by atomic mass is 10.1. The summed E-state index contributed by atoms with van der Waals surface area (Å²) < 4.78 is 15.9. The zero-order valence-corrected chi connectivity index (χ0v) is 17.2. The fourth-order valence-electron chi connectivity index (χ4n) is 3.11. The van der Waals surface area contributed by atoms with Crippen molar-refractivity contribution in [1.29, 1.82) is 0 Å². The average Bonchev–Trinajstić information content (AvgIpc) is 2.69. The van der Waals surface area contributed by atoms with Crippen LogP contribution in [0.25, 0.3) is 28.7 Å². The van der Waals surface area contributed by atoms with Gasteiger partial charge in [-0.25, -0.2) is 9.37 Å². The minimum absolute atomic E-state index is 0.117. The molecule has 0 atom stereocenters. The number of aromatic nitrogens is 2. The lowest BCUT2D eigenvalue weighted by Crippen LogP contribution is -2.23. The van der Waals surface area contributed by atoms with E-state index in [-0.39, 0.29) is 11.4 Å². The second-order valence-electron chi connectivity index (χ2n) is 6.44. The number of para-hydroxylation sites is 1. The van der Waals surface area contributed by atoms with Crippen molar-refractivity contribution in [3.05, 3.63) is 103 Å². The van der Waals surface area contributed by atoms with Gasteiger partial charge in [-0.3, -0.25) is 9.36 Å². The largest absolute Gasteiger partial charge is 0.268 e. The first-order valence-electron chi connectivity index (χ1n) is 8.75. The molecular weight excluding hydrogens is 466 g/mol. The number of nitrogens with zero attached hydrogens (tertiary/aromatic N) is 2. The molecule has 138 valence electrons. The first-order valence-corrected chi connectivity index (χ1v) is 9.83. The van der Waals surface area contributed by atoms with Gasteiger partial charge in [-0.1, -0.05) is 30.3 Å². The highest BCUT2D eigenvalue weighted by molar-refractivity contribution is 14.1. The number of aryl methyl sites for hydroxylation is 1. The van der Waals surface area contributed by atoms with E-state index >= 15 is 0 Å².